The third-order valence-corrected chi connectivity index (χ3v) is 7.40. The summed E-state index contributed by atoms with van der Waals surface area (Å²) in [7, 11) is 0. The summed E-state index contributed by atoms with van der Waals surface area (Å²) in [5, 5.41) is 0. The van der Waals surface area contributed by atoms with Gasteiger partial charge in [0.25, 0.3) is 0 Å². The first-order chi connectivity index (χ1) is 18.3. The fraction of sp³-hybridized carbons (Fsp3) is 0.222. The molecule has 0 spiro atoms. The van der Waals surface area contributed by atoms with Crippen LogP contribution in [0.2, 0.25) is 0 Å². The Kier molecular flexibility index (Phi) is 8.33. The van der Waals surface area contributed by atoms with E-state index in [1.165, 1.54) is 33.6 Å². The molecular formula is C36H37N. The molecule has 0 N–H and O–H groups in total. The minimum Gasteiger partial charge on any atom is -0.337 e. The van der Waals surface area contributed by atoms with Crippen LogP contribution in [0.4, 0.5) is 5.69 Å². The van der Waals surface area contributed by atoms with Crippen LogP contribution >= 0.6 is 0 Å². The van der Waals surface area contributed by atoms with E-state index < -0.39 is 0 Å². The van der Waals surface area contributed by atoms with Crippen LogP contribution < -0.4 is 4.90 Å². The van der Waals surface area contributed by atoms with E-state index in [1.807, 2.05) is 0 Å². The summed E-state index contributed by atoms with van der Waals surface area (Å²) >= 11 is 0. The minimum absolute atomic E-state index is 0.322. The van der Waals surface area contributed by atoms with E-state index in [0.717, 1.165) is 32.1 Å². The number of benzene rings is 3. The number of hydrogen-bond donors (Lipinski definition) is 0. The molecular weight excluding hydrogens is 446 g/mol. The Labute approximate surface area is 222 Å². The molecule has 0 heterocycles. The molecule has 1 nitrogen and oxygen atoms in total. The van der Waals surface area contributed by atoms with Gasteiger partial charge in [-0.05, 0) is 72.6 Å². The van der Waals surface area contributed by atoms with Gasteiger partial charge in [0, 0.05) is 23.3 Å². The highest BCUT2D eigenvalue weighted by atomic mass is 15.2. The molecule has 0 aromatic heterocycles. The molecule has 5 rings (SSSR count). The van der Waals surface area contributed by atoms with Gasteiger partial charge in [-0.15, -0.1) is 0 Å². The highest BCUT2D eigenvalue weighted by Crippen LogP contribution is 2.39. The van der Waals surface area contributed by atoms with E-state index in [0.29, 0.717) is 12.0 Å². The first kappa shape index (κ1) is 24.8. The van der Waals surface area contributed by atoms with Gasteiger partial charge in [-0.3, -0.25) is 0 Å². The summed E-state index contributed by atoms with van der Waals surface area (Å²) in [5.74, 6) is 0.445. The molecule has 0 radical (unpaired) electrons. The Morgan fingerprint density at radius 3 is 2.16 bits per heavy atom. The molecule has 1 heteroatoms. The quantitative estimate of drug-likeness (QED) is 0.274. The van der Waals surface area contributed by atoms with Gasteiger partial charge in [-0.2, -0.15) is 0 Å². The molecule has 2 atom stereocenters. The van der Waals surface area contributed by atoms with Gasteiger partial charge >= 0.3 is 0 Å². The van der Waals surface area contributed by atoms with E-state index in [4.69, 9.17) is 0 Å². The van der Waals surface area contributed by atoms with Crippen molar-refractivity contribution in [3.63, 3.8) is 0 Å². The summed E-state index contributed by atoms with van der Waals surface area (Å²) in [6.45, 7) is 2.22. The second kappa shape index (κ2) is 12.4. The number of hydrogen-bond acceptors (Lipinski definition) is 1. The molecule has 0 saturated carbocycles. The van der Waals surface area contributed by atoms with E-state index in [9.17, 15) is 0 Å². The topological polar surface area (TPSA) is 3.24 Å². The zero-order valence-corrected chi connectivity index (χ0v) is 21.8. The van der Waals surface area contributed by atoms with E-state index in [2.05, 4.69) is 145 Å². The summed E-state index contributed by atoms with van der Waals surface area (Å²) in [4.78, 5) is 2.64. The maximum absolute atomic E-state index is 2.64. The van der Waals surface area contributed by atoms with Gasteiger partial charge in [0.15, 0.2) is 0 Å². The Morgan fingerprint density at radius 1 is 0.784 bits per heavy atom. The van der Waals surface area contributed by atoms with E-state index in [1.54, 1.807) is 0 Å². The molecule has 0 saturated heterocycles. The van der Waals surface area contributed by atoms with Crippen molar-refractivity contribution < 1.29 is 0 Å². The van der Waals surface area contributed by atoms with E-state index in [-0.39, 0.29) is 0 Å². The number of anilines is 1. The monoisotopic (exact) mass is 483 g/mol. The zero-order valence-electron chi connectivity index (χ0n) is 21.8. The Hall–Kier alpha value is -3.84. The Morgan fingerprint density at radius 2 is 1.49 bits per heavy atom. The first-order valence-electron chi connectivity index (χ1n) is 13.7. The fourth-order valence-corrected chi connectivity index (χ4v) is 5.52. The number of allylic oxidation sites excluding steroid dienone is 7. The molecule has 3 aromatic carbocycles. The van der Waals surface area contributed by atoms with Crippen LogP contribution in [0.5, 0.6) is 0 Å². The highest BCUT2D eigenvalue weighted by Gasteiger charge is 2.30. The van der Waals surface area contributed by atoms with Crippen LogP contribution in [0.1, 0.15) is 44.6 Å². The van der Waals surface area contributed by atoms with Crippen molar-refractivity contribution in [3.05, 3.63) is 145 Å². The van der Waals surface area contributed by atoms with Crippen LogP contribution in [-0.2, 0) is 0 Å². The van der Waals surface area contributed by atoms with Crippen molar-refractivity contribution in [2.24, 2.45) is 5.92 Å². The predicted octanol–water partition coefficient (Wildman–Crippen LogP) is 9.78. The second-order valence-corrected chi connectivity index (χ2v) is 9.85. The van der Waals surface area contributed by atoms with Crippen LogP contribution in [-0.4, -0.2) is 6.04 Å². The molecule has 0 amide bonds. The molecule has 2 aliphatic rings. The average molecular weight is 484 g/mol. The van der Waals surface area contributed by atoms with E-state index >= 15 is 0 Å². The third kappa shape index (κ3) is 5.94. The maximum atomic E-state index is 2.64. The van der Waals surface area contributed by atoms with Gasteiger partial charge in [-0.25, -0.2) is 0 Å². The zero-order chi connectivity index (χ0) is 25.3. The van der Waals surface area contributed by atoms with Crippen molar-refractivity contribution in [3.8, 4) is 11.1 Å². The summed E-state index contributed by atoms with van der Waals surface area (Å²) in [6.07, 6.45) is 23.9. The van der Waals surface area contributed by atoms with Crippen molar-refractivity contribution in [1.82, 2.24) is 0 Å². The van der Waals surface area contributed by atoms with Gasteiger partial charge < -0.3 is 4.90 Å². The van der Waals surface area contributed by atoms with Crippen molar-refractivity contribution in [2.45, 2.75) is 45.1 Å². The van der Waals surface area contributed by atoms with Gasteiger partial charge in [0.1, 0.15) is 0 Å². The SMILES string of the molecule is CCC=CCC(C1C=CC=CC1)N(C1=C(c2ccccc2)CCC=C1)c1ccc(-c2ccccc2)cc1. The Bertz CT molecular complexity index is 1290. The molecule has 37 heavy (non-hydrogen) atoms. The van der Waals surface area contributed by atoms with Crippen molar-refractivity contribution in [1.29, 1.82) is 0 Å². The fourth-order valence-electron chi connectivity index (χ4n) is 5.52. The van der Waals surface area contributed by atoms with Crippen LogP contribution in [0.25, 0.3) is 16.7 Å². The van der Waals surface area contributed by atoms with Gasteiger partial charge in [0.05, 0.1) is 0 Å². The predicted molar refractivity (Wildman–Crippen MR) is 160 cm³/mol. The molecule has 0 fully saturated rings. The average Bonchev–Trinajstić information content (AvgIpc) is 2.98. The lowest BCUT2D eigenvalue weighted by Gasteiger charge is -2.40. The lowest BCUT2D eigenvalue weighted by Crippen LogP contribution is -2.40. The van der Waals surface area contributed by atoms with Crippen LogP contribution in [0, 0.1) is 5.92 Å². The molecule has 0 aliphatic heterocycles. The van der Waals surface area contributed by atoms with Crippen molar-refractivity contribution >= 4 is 11.3 Å². The lowest BCUT2D eigenvalue weighted by atomic mass is 9.86. The first-order valence-corrected chi connectivity index (χ1v) is 13.7. The third-order valence-electron chi connectivity index (χ3n) is 7.40. The van der Waals surface area contributed by atoms with Gasteiger partial charge in [-0.1, -0.05) is 122 Å². The number of rotatable bonds is 9. The standard InChI is InChI=1S/C36H37N/c1-2-3-7-23-35(32-20-12-6-13-21-32)37(33-27-25-30(26-28-33)29-16-8-4-9-17-29)36-24-15-14-22-34(36)31-18-10-5-11-19-31/h3-13,15-20,24-28,32,35H,2,14,21-23H2,1H3. The van der Waals surface area contributed by atoms with Crippen molar-refractivity contribution in [2.75, 3.05) is 4.90 Å². The van der Waals surface area contributed by atoms with Crippen LogP contribution in [0.15, 0.2) is 139 Å². The smallest absolute Gasteiger partial charge is 0.0449 e. The molecule has 2 aliphatic carbocycles. The number of nitrogens with zero attached hydrogens (tertiary/aromatic N) is 1. The van der Waals surface area contributed by atoms with Crippen LogP contribution in [0.3, 0.4) is 0 Å². The molecule has 0 bridgehead atoms. The lowest BCUT2D eigenvalue weighted by molar-refractivity contribution is 0.488. The second-order valence-electron chi connectivity index (χ2n) is 9.85. The molecule has 3 aromatic rings. The summed E-state index contributed by atoms with van der Waals surface area (Å²) < 4.78 is 0. The van der Waals surface area contributed by atoms with Gasteiger partial charge in [0.2, 0.25) is 0 Å². The molecule has 186 valence electrons. The minimum atomic E-state index is 0.322. The largest absolute Gasteiger partial charge is 0.337 e. The Balaban J connectivity index is 1.63. The highest BCUT2D eigenvalue weighted by molar-refractivity contribution is 5.78. The maximum Gasteiger partial charge on any atom is 0.0449 e. The summed E-state index contributed by atoms with van der Waals surface area (Å²) in [6, 6.07) is 31.1. The summed E-state index contributed by atoms with van der Waals surface area (Å²) in [5.41, 5.74) is 7.87. The normalized spacial score (nSPS) is 17.9. The molecule has 2 unspecified atom stereocenters.